The highest BCUT2D eigenvalue weighted by atomic mass is 16.5. The summed E-state index contributed by atoms with van der Waals surface area (Å²) < 4.78 is 12.6. The van der Waals surface area contributed by atoms with E-state index in [0.29, 0.717) is 24.9 Å². The molecule has 2 aromatic carbocycles. The number of aromatic amines is 1. The van der Waals surface area contributed by atoms with E-state index in [4.69, 9.17) is 9.26 Å². The predicted octanol–water partition coefficient (Wildman–Crippen LogP) is 3.86. The molecule has 0 aliphatic heterocycles. The molecule has 0 fully saturated rings. The number of nitrogens with one attached hydrogen (secondary N) is 1. The van der Waals surface area contributed by atoms with Crippen LogP contribution in [0.4, 0.5) is 0 Å². The first-order valence-corrected chi connectivity index (χ1v) is 8.99. The smallest absolute Gasteiger partial charge is 0.326 e. The topological polar surface area (TPSA) is 85.9 Å². The standard InChI is InChI=1S/C20H20N4O3/c1-3-11-24-17-10-7-14(12-16(17)21-20(24)25)18-22-19(27-23-18)13-5-8-15(9-6-13)26-4-2/h5-10,12H,3-4,11H2,1-2H3,(H,21,25). The van der Waals surface area contributed by atoms with Crippen molar-refractivity contribution in [3.05, 3.63) is 52.9 Å². The van der Waals surface area contributed by atoms with Gasteiger partial charge < -0.3 is 14.2 Å². The third kappa shape index (κ3) is 3.23. The molecule has 7 heteroatoms. The molecule has 138 valence electrons. The van der Waals surface area contributed by atoms with Crippen molar-refractivity contribution in [2.45, 2.75) is 26.8 Å². The van der Waals surface area contributed by atoms with Crippen molar-refractivity contribution in [3.8, 4) is 28.6 Å². The zero-order valence-electron chi connectivity index (χ0n) is 15.2. The van der Waals surface area contributed by atoms with Crippen molar-refractivity contribution in [3.63, 3.8) is 0 Å². The van der Waals surface area contributed by atoms with Crippen LogP contribution in [0.5, 0.6) is 5.75 Å². The van der Waals surface area contributed by atoms with E-state index < -0.39 is 0 Å². The van der Waals surface area contributed by atoms with E-state index in [2.05, 4.69) is 15.1 Å². The van der Waals surface area contributed by atoms with E-state index in [0.717, 1.165) is 34.3 Å². The van der Waals surface area contributed by atoms with Gasteiger partial charge in [-0.2, -0.15) is 4.98 Å². The molecule has 1 N–H and O–H groups in total. The maximum absolute atomic E-state index is 12.1. The van der Waals surface area contributed by atoms with Crippen molar-refractivity contribution in [2.75, 3.05) is 6.61 Å². The first kappa shape index (κ1) is 17.1. The van der Waals surface area contributed by atoms with Crippen LogP contribution >= 0.6 is 0 Å². The Balaban J connectivity index is 1.65. The Morgan fingerprint density at radius 2 is 1.89 bits per heavy atom. The number of nitrogens with zero attached hydrogens (tertiary/aromatic N) is 3. The molecule has 0 saturated carbocycles. The third-order valence-corrected chi connectivity index (χ3v) is 4.32. The number of imidazole rings is 1. The normalized spacial score (nSPS) is 11.2. The van der Waals surface area contributed by atoms with Gasteiger partial charge in [-0.05, 0) is 55.8 Å². The third-order valence-electron chi connectivity index (χ3n) is 4.32. The lowest BCUT2D eigenvalue weighted by Crippen LogP contribution is -2.16. The molecule has 2 aromatic heterocycles. The molecule has 0 atom stereocenters. The number of ether oxygens (including phenoxy) is 1. The lowest BCUT2D eigenvalue weighted by atomic mass is 10.2. The molecular formula is C20H20N4O3. The molecular weight excluding hydrogens is 344 g/mol. The second-order valence-corrected chi connectivity index (χ2v) is 6.19. The summed E-state index contributed by atoms with van der Waals surface area (Å²) in [4.78, 5) is 19.5. The maximum atomic E-state index is 12.1. The van der Waals surface area contributed by atoms with Gasteiger partial charge in [-0.3, -0.25) is 4.57 Å². The fourth-order valence-electron chi connectivity index (χ4n) is 3.07. The van der Waals surface area contributed by atoms with Crippen LogP contribution in [0, 0.1) is 0 Å². The van der Waals surface area contributed by atoms with Crippen LogP contribution in [0.2, 0.25) is 0 Å². The lowest BCUT2D eigenvalue weighted by molar-refractivity contribution is 0.340. The Kier molecular flexibility index (Phi) is 4.50. The van der Waals surface area contributed by atoms with E-state index in [1.165, 1.54) is 0 Å². The van der Waals surface area contributed by atoms with E-state index in [9.17, 15) is 4.79 Å². The number of benzene rings is 2. The monoisotopic (exact) mass is 364 g/mol. The lowest BCUT2D eigenvalue weighted by Gasteiger charge is -2.02. The summed E-state index contributed by atoms with van der Waals surface area (Å²) in [6.07, 6.45) is 0.894. The van der Waals surface area contributed by atoms with Gasteiger partial charge in [-0.25, -0.2) is 4.79 Å². The fourth-order valence-corrected chi connectivity index (χ4v) is 3.07. The molecule has 0 aliphatic carbocycles. The summed E-state index contributed by atoms with van der Waals surface area (Å²) in [5.74, 6) is 1.71. The quantitative estimate of drug-likeness (QED) is 0.561. The zero-order valence-corrected chi connectivity index (χ0v) is 15.2. The Hall–Kier alpha value is -3.35. The van der Waals surface area contributed by atoms with Crippen molar-refractivity contribution in [1.82, 2.24) is 19.7 Å². The van der Waals surface area contributed by atoms with E-state index in [-0.39, 0.29) is 5.69 Å². The number of H-pyrrole nitrogens is 1. The first-order chi connectivity index (χ1) is 13.2. The molecule has 4 rings (SSSR count). The van der Waals surface area contributed by atoms with Gasteiger partial charge in [0.25, 0.3) is 5.89 Å². The molecule has 0 bridgehead atoms. The summed E-state index contributed by atoms with van der Waals surface area (Å²) in [6, 6.07) is 13.2. The van der Waals surface area contributed by atoms with Gasteiger partial charge in [0.05, 0.1) is 17.6 Å². The van der Waals surface area contributed by atoms with Crippen LogP contribution in [0.1, 0.15) is 20.3 Å². The van der Waals surface area contributed by atoms with Gasteiger partial charge in [0.2, 0.25) is 5.82 Å². The summed E-state index contributed by atoms with van der Waals surface area (Å²) >= 11 is 0. The molecule has 0 amide bonds. The first-order valence-electron chi connectivity index (χ1n) is 8.99. The Morgan fingerprint density at radius 3 is 2.63 bits per heavy atom. The molecule has 0 unspecified atom stereocenters. The minimum absolute atomic E-state index is 0.104. The van der Waals surface area contributed by atoms with Crippen molar-refractivity contribution in [1.29, 1.82) is 0 Å². The largest absolute Gasteiger partial charge is 0.494 e. The van der Waals surface area contributed by atoms with Gasteiger partial charge in [-0.1, -0.05) is 12.1 Å². The number of aryl methyl sites for hydroxylation is 1. The van der Waals surface area contributed by atoms with Crippen LogP contribution in [0.25, 0.3) is 33.9 Å². The van der Waals surface area contributed by atoms with Gasteiger partial charge in [0.1, 0.15) is 5.75 Å². The molecule has 7 nitrogen and oxygen atoms in total. The minimum Gasteiger partial charge on any atom is -0.494 e. The van der Waals surface area contributed by atoms with Gasteiger partial charge in [0.15, 0.2) is 0 Å². The van der Waals surface area contributed by atoms with E-state index in [1.807, 2.05) is 56.3 Å². The molecule has 4 aromatic rings. The van der Waals surface area contributed by atoms with Gasteiger partial charge in [0, 0.05) is 17.7 Å². The molecule has 0 spiro atoms. The van der Waals surface area contributed by atoms with Crippen LogP contribution in [-0.2, 0) is 6.54 Å². The fraction of sp³-hybridized carbons (Fsp3) is 0.250. The van der Waals surface area contributed by atoms with Gasteiger partial charge >= 0.3 is 5.69 Å². The Labute approximate surface area is 155 Å². The van der Waals surface area contributed by atoms with Crippen molar-refractivity contribution < 1.29 is 9.26 Å². The van der Waals surface area contributed by atoms with Crippen LogP contribution < -0.4 is 10.4 Å². The number of rotatable bonds is 6. The average Bonchev–Trinajstić information content (AvgIpc) is 3.28. The van der Waals surface area contributed by atoms with E-state index in [1.54, 1.807) is 4.57 Å². The Bertz CT molecular complexity index is 1120. The highest BCUT2D eigenvalue weighted by Gasteiger charge is 2.13. The highest BCUT2D eigenvalue weighted by molar-refractivity contribution is 5.80. The van der Waals surface area contributed by atoms with Crippen LogP contribution in [0.15, 0.2) is 51.8 Å². The van der Waals surface area contributed by atoms with E-state index >= 15 is 0 Å². The van der Waals surface area contributed by atoms with Crippen molar-refractivity contribution in [2.24, 2.45) is 0 Å². The highest BCUT2D eigenvalue weighted by Crippen LogP contribution is 2.25. The SMILES string of the molecule is CCCn1c(=O)[nH]c2cc(-c3noc(-c4ccc(OCC)cc4)n3)ccc21. The van der Waals surface area contributed by atoms with Crippen LogP contribution in [0.3, 0.4) is 0 Å². The van der Waals surface area contributed by atoms with Crippen molar-refractivity contribution >= 4 is 11.0 Å². The summed E-state index contributed by atoms with van der Waals surface area (Å²) in [5.41, 5.74) is 3.14. The van der Waals surface area contributed by atoms with Gasteiger partial charge in [-0.15, -0.1) is 0 Å². The average molecular weight is 364 g/mol. The summed E-state index contributed by atoms with van der Waals surface area (Å²) in [6.45, 7) is 5.29. The second-order valence-electron chi connectivity index (χ2n) is 6.19. The molecule has 0 aliphatic rings. The number of hydrogen-bond donors (Lipinski definition) is 1. The predicted molar refractivity (Wildman–Crippen MR) is 103 cm³/mol. The molecule has 0 radical (unpaired) electrons. The molecule has 27 heavy (non-hydrogen) atoms. The van der Waals surface area contributed by atoms with Crippen LogP contribution in [-0.4, -0.2) is 26.3 Å². The molecule has 2 heterocycles. The second kappa shape index (κ2) is 7.11. The maximum Gasteiger partial charge on any atom is 0.326 e. The number of hydrogen-bond acceptors (Lipinski definition) is 5. The summed E-state index contributed by atoms with van der Waals surface area (Å²) in [7, 11) is 0. The summed E-state index contributed by atoms with van der Waals surface area (Å²) in [5, 5.41) is 4.08. The number of fused-ring (bicyclic) bond motifs is 1. The Morgan fingerprint density at radius 1 is 1.11 bits per heavy atom. The zero-order chi connectivity index (χ0) is 18.8. The number of aromatic nitrogens is 4. The minimum atomic E-state index is -0.104. The molecule has 0 saturated heterocycles.